The molecule has 3 rings (SSSR count). The van der Waals surface area contributed by atoms with Gasteiger partial charge in [-0.3, -0.25) is 4.79 Å². The molecule has 1 amide bonds. The first-order valence-corrected chi connectivity index (χ1v) is 10.1. The maximum Gasteiger partial charge on any atom is 0.251 e. The molecule has 0 unspecified atom stereocenters. The van der Waals surface area contributed by atoms with E-state index in [1.54, 1.807) is 12.1 Å². The molecule has 2 aromatic carbocycles. The van der Waals surface area contributed by atoms with E-state index < -0.39 is 10.0 Å². The Labute approximate surface area is 154 Å². The monoisotopic (exact) mass is 370 g/mol. The van der Waals surface area contributed by atoms with Crippen LogP contribution in [0.5, 0.6) is 0 Å². The van der Waals surface area contributed by atoms with E-state index in [1.807, 2.05) is 18.2 Å². The van der Waals surface area contributed by atoms with Gasteiger partial charge >= 0.3 is 0 Å². The molecule has 0 aliphatic heterocycles. The van der Waals surface area contributed by atoms with Crippen molar-refractivity contribution < 1.29 is 13.2 Å². The van der Waals surface area contributed by atoms with E-state index in [0.29, 0.717) is 5.56 Å². The van der Waals surface area contributed by atoms with Gasteiger partial charge in [-0.05, 0) is 48.6 Å². The predicted octanol–water partition coefficient (Wildman–Crippen LogP) is 2.96. The zero-order chi connectivity index (χ0) is 18.6. The van der Waals surface area contributed by atoms with Crippen molar-refractivity contribution in [3.8, 4) is 0 Å². The van der Waals surface area contributed by atoms with Gasteiger partial charge in [-0.2, -0.15) is 0 Å². The molecule has 1 atom stereocenters. The van der Waals surface area contributed by atoms with Crippen LogP contribution in [0.1, 0.15) is 40.4 Å². The Kier molecular flexibility index (Phi) is 5.54. The third kappa shape index (κ3) is 4.03. The largest absolute Gasteiger partial charge is 0.345 e. The lowest BCUT2D eigenvalue weighted by Gasteiger charge is -2.26. The topological polar surface area (TPSA) is 75.3 Å². The Balaban J connectivity index is 1.79. The van der Waals surface area contributed by atoms with Crippen molar-refractivity contribution in [3.63, 3.8) is 0 Å². The highest BCUT2D eigenvalue weighted by Gasteiger charge is 2.22. The van der Waals surface area contributed by atoms with Crippen molar-refractivity contribution in [2.24, 2.45) is 0 Å². The number of carbonyl (C=O) groups excluding carboxylic acids is 1. The van der Waals surface area contributed by atoms with Crippen LogP contribution < -0.4 is 10.0 Å². The Morgan fingerprint density at radius 2 is 2.00 bits per heavy atom. The lowest BCUT2D eigenvalue weighted by molar-refractivity contribution is 0.0932. The fourth-order valence-corrected chi connectivity index (χ4v) is 4.25. The number of benzene rings is 2. The molecule has 26 heavy (non-hydrogen) atoms. The van der Waals surface area contributed by atoms with Crippen LogP contribution in [-0.2, 0) is 16.4 Å². The van der Waals surface area contributed by atoms with Crippen molar-refractivity contribution in [2.75, 3.05) is 6.54 Å². The van der Waals surface area contributed by atoms with Crippen molar-refractivity contribution >= 4 is 15.9 Å². The molecule has 2 aromatic rings. The lowest BCUT2D eigenvalue weighted by Crippen LogP contribution is -2.31. The Bertz CT molecular complexity index is 922. The van der Waals surface area contributed by atoms with Crippen molar-refractivity contribution in [3.05, 3.63) is 77.9 Å². The highest BCUT2D eigenvalue weighted by molar-refractivity contribution is 7.89. The fraction of sp³-hybridized carbons (Fsp3) is 0.250. The summed E-state index contributed by atoms with van der Waals surface area (Å²) in [5.74, 6) is -0.271. The van der Waals surface area contributed by atoms with Crippen molar-refractivity contribution in [1.29, 1.82) is 0 Å². The van der Waals surface area contributed by atoms with Gasteiger partial charge in [0, 0.05) is 12.1 Å². The van der Waals surface area contributed by atoms with Crippen LogP contribution in [0.4, 0.5) is 0 Å². The first-order chi connectivity index (χ1) is 12.5. The third-order valence-electron chi connectivity index (χ3n) is 4.50. The molecular formula is C20H22N2O3S. The molecule has 5 nitrogen and oxygen atoms in total. The van der Waals surface area contributed by atoms with E-state index >= 15 is 0 Å². The van der Waals surface area contributed by atoms with E-state index in [9.17, 15) is 13.2 Å². The average Bonchev–Trinajstić information content (AvgIpc) is 2.67. The molecule has 1 aliphatic carbocycles. The van der Waals surface area contributed by atoms with Gasteiger partial charge in [0.05, 0.1) is 10.9 Å². The number of carbonyl (C=O) groups is 1. The summed E-state index contributed by atoms with van der Waals surface area (Å²) < 4.78 is 26.9. The predicted molar refractivity (Wildman–Crippen MR) is 101 cm³/mol. The minimum atomic E-state index is -3.66. The highest BCUT2D eigenvalue weighted by atomic mass is 32.2. The van der Waals surface area contributed by atoms with E-state index in [4.69, 9.17) is 0 Å². The molecule has 0 saturated heterocycles. The molecule has 0 saturated carbocycles. The summed E-state index contributed by atoms with van der Waals surface area (Å²) in [6, 6.07) is 14.1. The second-order valence-corrected chi connectivity index (χ2v) is 8.05. The van der Waals surface area contributed by atoms with Gasteiger partial charge in [0.15, 0.2) is 0 Å². The summed E-state index contributed by atoms with van der Waals surface area (Å²) >= 11 is 0. The number of hydrogen-bond donors (Lipinski definition) is 2. The van der Waals surface area contributed by atoms with Gasteiger partial charge in [0.2, 0.25) is 10.0 Å². The molecule has 0 aromatic heterocycles. The zero-order valence-electron chi connectivity index (χ0n) is 14.4. The summed E-state index contributed by atoms with van der Waals surface area (Å²) in [6.07, 6.45) is 4.38. The van der Waals surface area contributed by atoms with Crippen LogP contribution in [0.2, 0.25) is 0 Å². The molecular weight excluding hydrogens is 348 g/mol. The number of fused-ring (bicyclic) bond motifs is 1. The second-order valence-electron chi connectivity index (χ2n) is 6.29. The molecule has 0 heterocycles. The van der Waals surface area contributed by atoms with Gasteiger partial charge in [-0.25, -0.2) is 13.1 Å². The van der Waals surface area contributed by atoms with Gasteiger partial charge < -0.3 is 5.32 Å². The number of sulfonamides is 1. The maximum atomic E-state index is 12.7. The van der Waals surface area contributed by atoms with E-state index in [2.05, 4.69) is 22.7 Å². The smallest absolute Gasteiger partial charge is 0.251 e. The minimum Gasteiger partial charge on any atom is -0.345 e. The Hall–Kier alpha value is -2.44. The summed E-state index contributed by atoms with van der Waals surface area (Å²) in [4.78, 5) is 12.7. The zero-order valence-corrected chi connectivity index (χ0v) is 15.3. The van der Waals surface area contributed by atoms with Gasteiger partial charge in [0.25, 0.3) is 5.91 Å². The van der Waals surface area contributed by atoms with Crippen LogP contribution in [0.25, 0.3) is 0 Å². The Morgan fingerprint density at radius 3 is 2.81 bits per heavy atom. The minimum absolute atomic E-state index is 0.0494. The molecule has 136 valence electrons. The Morgan fingerprint density at radius 1 is 1.19 bits per heavy atom. The number of amides is 1. The van der Waals surface area contributed by atoms with Crippen LogP contribution in [0.3, 0.4) is 0 Å². The molecule has 0 spiro atoms. The highest BCUT2D eigenvalue weighted by Crippen LogP contribution is 2.29. The van der Waals surface area contributed by atoms with Crippen LogP contribution in [0, 0.1) is 0 Å². The van der Waals surface area contributed by atoms with Gasteiger partial charge in [-0.15, -0.1) is 6.58 Å². The van der Waals surface area contributed by atoms with Crippen LogP contribution in [0.15, 0.2) is 66.1 Å². The summed E-state index contributed by atoms with van der Waals surface area (Å²) in [6.45, 7) is 3.63. The second kappa shape index (κ2) is 7.85. The quantitative estimate of drug-likeness (QED) is 0.768. The average molecular weight is 370 g/mol. The van der Waals surface area contributed by atoms with E-state index in [-0.39, 0.29) is 23.4 Å². The summed E-state index contributed by atoms with van der Waals surface area (Å²) in [7, 11) is -3.66. The first kappa shape index (κ1) is 18.4. The summed E-state index contributed by atoms with van der Waals surface area (Å²) in [5.41, 5.74) is 2.73. The van der Waals surface area contributed by atoms with Crippen molar-refractivity contribution in [2.45, 2.75) is 30.2 Å². The number of aryl methyl sites for hydroxylation is 1. The van der Waals surface area contributed by atoms with E-state index in [1.165, 1.54) is 23.8 Å². The summed E-state index contributed by atoms with van der Waals surface area (Å²) in [5, 5.41) is 3.04. The normalized spacial score (nSPS) is 16.5. The van der Waals surface area contributed by atoms with E-state index in [0.717, 1.165) is 24.8 Å². The lowest BCUT2D eigenvalue weighted by atomic mass is 9.87. The van der Waals surface area contributed by atoms with Gasteiger partial charge in [0.1, 0.15) is 0 Å². The SMILES string of the molecule is C=CCNS(=O)(=O)c1cccc(C(=O)N[C@@H]2CCCc3ccccc32)c1. The molecule has 6 heteroatoms. The van der Waals surface area contributed by atoms with Crippen molar-refractivity contribution in [1.82, 2.24) is 10.0 Å². The number of hydrogen-bond acceptors (Lipinski definition) is 3. The first-order valence-electron chi connectivity index (χ1n) is 8.60. The standard InChI is InChI=1S/C20H22N2O3S/c1-2-13-21-26(24,25)17-10-5-9-16(14-17)20(23)22-19-12-6-8-15-7-3-4-11-18(15)19/h2-5,7,9-11,14,19,21H,1,6,8,12-13H2,(H,22,23)/t19-/m1/s1. The number of nitrogens with one attached hydrogen (secondary N) is 2. The third-order valence-corrected chi connectivity index (χ3v) is 5.92. The maximum absolute atomic E-state index is 12.7. The van der Waals surface area contributed by atoms with Crippen LogP contribution >= 0.6 is 0 Å². The van der Waals surface area contributed by atoms with Crippen LogP contribution in [-0.4, -0.2) is 20.9 Å². The molecule has 0 fully saturated rings. The van der Waals surface area contributed by atoms with Gasteiger partial charge in [-0.1, -0.05) is 36.4 Å². The molecule has 2 N–H and O–H groups in total. The molecule has 1 aliphatic rings. The molecule has 0 radical (unpaired) electrons. The fourth-order valence-electron chi connectivity index (χ4n) is 3.20. The number of rotatable bonds is 6. The molecule has 0 bridgehead atoms.